The number of hydrogen-bond donors (Lipinski definition) is 2. The van der Waals surface area contributed by atoms with Crippen molar-refractivity contribution >= 4 is 22.4 Å². The monoisotopic (exact) mass is 317 g/mol. The summed E-state index contributed by atoms with van der Waals surface area (Å²) in [5.74, 6) is -0.00506. The second-order valence-corrected chi connectivity index (χ2v) is 5.97. The summed E-state index contributed by atoms with van der Waals surface area (Å²) in [5.41, 5.74) is 5.48. The highest BCUT2D eigenvalue weighted by molar-refractivity contribution is 5.95. The fourth-order valence-corrected chi connectivity index (χ4v) is 2.85. The van der Waals surface area contributed by atoms with Crippen molar-refractivity contribution in [3.05, 3.63) is 64.8 Å². The van der Waals surface area contributed by atoms with E-state index in [2.05, 4.69) is 41.5 Å². The first-order valence-electron chi connectivity index (χ1n) is 7.94. The molecule has 0 aliphatic rings. The lowest BCUT2D eigenvalue weighted by Gasteiger charge is -2.09. The Morgan fingerprint density at radius 1 is 1.25 bits per heavy atom. The van der Waals surface area contributed by atoms with Gasteiger partial charge in [0, 0.05) is 29.2 Å². The Bertz CT molecular complexity index is 947. The largest absolute Gasteiger partial charge is 0.384 e. The van der Waals surface area contributed by atoms with Gasteiger partial charge in [0.2, 0.25) is 0 Å². The van der Waals surface area contributed by atoms with E-state index in [0.29, 0.717) is 23.4 Å². The number of Topliss-reactive ketones (excluding diaryl/α,β-unsaturated/α-hetero) is 1. The molecule has 1 heterocycles. The quantitative estimate of drug-likeness (QED) is 0.693. The summed E-state index contributed by atoms with van der Waals surface area (Å²) in [6, 6.07) is 13.7. The van der Waals surface area contributed by atoms with Gasteiger partial charge in [0.05, 0.1) is 11.3 Å². The maximum absolute atomic E-state index is 11.5. The molecule has 120 valence electrons. The normalized spacial score (nSPS) is 10.5. The molecule has 2 N–H and O–H groups in total. The van der Waals surface area contributed by atoms with Crippen molar-refractivity contribution in [2.24, 2.45) is 0 Å². The third-order valence-electron chi connectivity index (χ3n) is 4.18. The number of rotatable bonds is 5. The van der Waals surface area contributed by atoms with E-state index in [0.717, 1.165) is 11.9 Å². The molecule has 4 nitrogen and oxygen atoms in total. The first-order chi connectivity index (χ1) is 11.6. The molecule has 3 aromatic rings. The highest BCUT2D eigenvalue weighted by Gasteiger charge is 2.07. The van der Waals surface area contributed by atoms with E-state index in [1.54, 1.807) is 18.2 Å². The number of carbonyl (C=O) groups excluding carboxylic acids is 1. The fraction of sp³-hybridized carbons (Fsp3) is 0.200. The number of nitrogens with zero attached hydrogens (tertiary/aromatic N) is 1. The molecule has 0 saturated heterocycles. The molecule has 0 aliphatic carbocycles. The standard InChI is InChI=1S/C20H19N3O/c1-13-3-6-18-17(12-23-20(18)9-13)7-8-22-19-10-15(14(2)24)4-5-16(19)11-21/h3-6,9-10,12,22-23H,7-8H2,1-2H3. The molecule has 0 radical (unpaired) electrons. The van der Waals surface area contributed by atoms with Crippen LogP contribution in [0.1, 0.15) is 34.0 Å². The van der Waals surface area contributed by atoms with Crippen molar-refractivity contribution in [1.82, 2.24) is 4.98 Å². The molecule has 2 aromatic carbocycles. The summed E-state index contributed by atoms with van der Waals surface area (Å²) in [7, 11) is 0. The molecule has 0 fully saturated rings. The first kappa shape index (κ1) is 15.8. The Morgan fingerprint density at radius 2 is 2.08 bits per heavy atom. The average Bonchev–Trinajstić information content (AvgIpc) is 2.96. The fourth-order valence-electron chi connectivity index (χ4n) is 2.85. The molecule has 0 unspecified atom stereocenters. The summed E-state index contributed by atoms with van der Waals surface area (Å²) in [4.78, 5) is 14.8. The van der Waals surface area contributed by atoms with Gasteiger partial charge in [0.1, 0.15) is 6.07 Å². The second-order valence-electron chi connectivity index (χ2n) is 5.97. The van der Waals surface area contributed by atoms with Crippen molar-refractivity contribution in [3.8, 4) is 6.07 Å². The molecule has 0 bridgehead atoms. The minimum atomic E-state index is -0.00506. The maximum Gasteiger partial charge on any atom is 0.159 e. The Hall–Kier alpha value is -3.06. The smallest absolute Gasteiger partial charge is 0.159 e. The number of fused-ring (bicyclic) bond motifs is 1. The number of H-pyrrole nitrogens is 1. The first-order valence-corrected chi connectivity index (χ1v) is 7.94. The molecule has 0 amide bonds. The van der Waals surface area contributed by atoms with Gasteiger partial charge in [0.25, 0.3) is 0 Å². The lowest BCUT2D eigenvalue weighted by Crippen LogP contribution is -2.07. The van der Waals surface area contributed by atoms with Crippen LogP contribution in [-0.4, -0.2) is 17.3 Å². The number of benzene rings is 2. The van der Waals surface area contributed by atoms with Crippen LogP contribution < -0.4 is 5.32 Å². The molecule has 0 saturated carbocycles. The molecule has 24 heavy (non-hydrogen) atoms. The Balaban J connectivity index is 1.75. The second kappa shape index (κ2) is 6.59. The van der Waals surface area contributed by atoms with Gasteiger partial charge in [-0.1, -0.05) is 12.1 Å². The van der Waals surface area contributed by atoms with E-state index in [4.69, 9.17) is 0 Å². The highest BCUT2D eigenvalue weighted by atomic mass is 16.1. The predicted octanol–water partition coefficient (Wildman–Crippen LogP) is 4.21. The molecular formula is C20H19N3O. The van der Waals surface area contributed by atoms with Crippen molar-refractivity contribution in [2.75, 3.05) is 11.9 Å². The van der Waals surface area contributed by atoms with Crippen LogP contribution in [0, 0.1) is 18.3 Å². The number of nitrogens with one attached hydrogen (secondary N) is 2. The number of aromatic nitrogens is 1. The Kier molecular flexibility index (Phi) is 4.35. The van der Waals surface area contributed by atoms with E-state index in [1.165, 1.54) is 23.4 Å². The number of carbonyl (C=O) groups is 1. The summed E-state index contributed by atoms with van der Waals surface area (Å²) in [6.45, 7) is 4.29. The van der Waals surface area contributed by atoms with E-state index in [-0.39, 0.29) is 5.78 Å². The van der Waals surface area contributed by atoms with Gasteiger partial charge >= 0.3 is 0 Å². The number of aryl methyl sites for hydroxylation is 1. The van der Waals surface area contributed by atoms with E-state index in [1.807, 2.05) is 6.20 Å². The Labute approximate surface area is 141 Å². The molecular weight excluding hydrogens is 298 g/mol. The highest BCUT2D eigenvalue weighted by Crippen LogP contribution is 2.21. The summed E-state index contributed by atoms with van der Waals surface area (Å²) >= 11 is 0. The predicted molar refractivity (Wildman–Crippen MR) is 96.4 cm³/mol. The van der Waals surface area contributed by atoms with Crippen LogP contribution in [0.2, 0.25) is 0 Å². The van der Waals surface area contributed by atoms with Gasteiger partial charge in [-0.3, -0.25) is 4.79 Å². The van der Waals surface area contributed by atoms with Gasteiger partial charge < -0.3 is 10.3 Å². The molecule has 0 atom stereocenters. The van der Waals surface area contributed by atoms with Crippen molar-refractivity contribution in [2.45, 2.75) is 20.3 Å². The van der Waals surface area contributed by atoms with E-state index >= 15 is 0 Å². The minimum Gasteiger partial charge on any atom is -0.384 e. The SMILES string of the molecule is CC(=O)c1ccc(C#N)c(NCCc2c[nH]c3cc(C)ccc23)c1. The molecule has 1 aromatic heterocycles. The van der Waals surface area contributed by atoms with Crippen LogP contribution in [0.25, 0.3) is 10.9 Å². The van der Waals surface area contributed by atoms with Crippen LogP contribution >= 0.6 is 0 Å². The maximum atomic E-state index is 11.5. The molecule has 3 rings (SSSR count). The average molecular weight is 317 g/mol. The summed E-state index contributed by atoms with van der Waals surface area (Å²) in [6.07, 6.45) is 2.86. The zero-order valence-corrected chi connectivity index (χ0v) is 13.8. The molecule has 4 heteroatoms. The summed E-state index contributed by atoms with van der Waals surface area (Å²) in [5, 5.41) is 13.7. The number of nitriles is 1. The number of aromatic amines is 1. The van der Waals surface area contributed by atoms with E-state index in [9.17, 15) is 10.1 Å². The van der Waals surface area contributed by atoms with Crippen molar-refractivity contribution in [1.29, 1.82) is 5.26 Å². The third kappa shape index (κ3) is 3.16. The zero-order valence-electron chi connectivity index (χ0n) is 13.8. The third-order valence-corrected chi connectivity index (χ3v) is 4.18. The number of hydrogen-bond acceptors (Lipinski definition) is 3. The van der Waals surface area contributed by atoms with Crippen molar-refractivity contribution < 1.29 is 4.79 Å². The van der Waals surface area contributed by atoms with Crippen molar-refractivity contribution in [3.63, 3.8) is 0 Å². The number of anilines is 1. The summed E-state index contributed by atoms with van der Waals surface area (Å²) < 4.78 is 0. The van der Waals surface area contributed by atoms with Gasteiger partial charge in [-0.15, -0.1) is 0 Å². The van der Waals surface area contributed by atoms with Crippen LogP contribution in [0.4, 0.5) is 5.69 Å². The van der Waals surface area contributed by atoms with Gasteiger partial charge in [-0.25, -0.2) is 0 Å². The number of ketones is 1. The molecule has 0 aliphatic heterocycles. The lowest BCUT2D eigenvalue weighted by molar-refractivity contribution is 0.101. The van der Waals surface area contributed by atoms with Gasteiger partial charge in [0.15, 0.2) is 5.78 Å². The zero-order chi connectivity index (χ0) is 17.1. The topological polar surface area (TPSA) is 68.7 Å². The lowest BCUT2D eigenvalue weighted by atomic mass is 10.1. The van der Waals surface area contributed by atoms with Crippen LogP contribution in [-0.2, 0) is 6.42 Å². The van der Waals surface area contributed by atoms with Crippen LogP contribution in [0.3, 0.4) is 0 Å². The molecule has 0 spiro atoms. The Morgan fingerprint density at radius 3 is 2.83 bits per heavy atom. The van der Waals surface area contributed by atoms with Gasteiger partial charge in [-0.05, 0) is 55.7 Å². The minimum absolute atomic E-state index is 0.00506. The van der Waals surface area contributed by atoms with E-state index < -0.39 is 0 Å². The van der Waals surface area contributed by atoms with Gasteiger partial charge in [-0.2, -0.15) is 5.26 Å². The van der Waals surface area contributed by atoms with Crippen LogP contribution in [0.15, 0.2) is 42.6 Å². The van der Waals surface area contributed by atoms with Crippen LogP contribution in [0.5, 0.6) is 0 Å².